The van der Waals surface area contributed by atoms with Gasteiger partial charge in [0.2, 0.25) is 9.84 Å². The van der Waals surface area contributed by atoms with Crippen molar-refractivity contribution in [3.8, 4) is 0 Å². The number of nitrogens with zero attached hydrogens (tertiary/aromatic N) is 1. The van der Waals surface area contributed by atoms with Crippen LogP contribution < -0.4 is 5.43 Å². The molecule has 9 heteroatoms. The molecule has 5 nitrogen and oxygen atoms in total. The van der Waals surface area contributed by atoms with Gasteiger partial charge in [-0.2, -0.15) is 5.10 Å². The van der Waals surface area contributed by atoms with E-state index in [1.54, 1.807) is 6.92 Å². The number of benzene rings is 1. The van der Waals surface area contributed by atoms with Gasteiger partial charge in [0.05, 0.1) is 20.9 Å². The molecule has 0 aliphatic heterocycles. The fourth-order valence-electron chi connectivity index (χ4n) is 2.20. The standard InChI is InChI=1S/C17H13ClN2O3S3/c1-11-15(26(22,23)14-6-4-12(18)5-7-14)10-25-16(11)17(21)20-19-9-13-3-2-8-24-13/h2-10H,1H3,(H,20,21). The van der Waals surface area contributed by atoms with Crippen molar-refractivity contribution < 1.29 is 13.2 Å². The van der Waals surface area contributed by atoms with Crippen molar-refractivity contribution in [1.29, 1.82) is 0 Å². The van der Waals surface area contributed by atoms with Crippen LogP contribution in [0.15, 0.2) is 62.1 Å². The van der Waals surface area contributed by atoms with Crippen LogP contribution in [-0.4, -0.2) is 20.5 Å². The van der Waals surface area contributed by atoms with Gasteiger partial charge in [-0.3, -0.25) is 4.79 Å². The summed E-state index contributed by atoms with van der Waals surface area (Å²) in [7, 11) is -3.72. The van der Waals surface area contributed by atoms with Crippen LogP contribution in [0.4, 0.5) is 0 Å². The van der Waals surface area contributed by atoms with E-state index in [-0.39, 0.29) is 9.79 Å². The number of sulfone groups is 1. The van der Waals surface area contributed by atoms with Crippen LogP contribution in [0.2, 0.25) is 5.02 Å². The van der Waals surface area contributed by atoms with Crippen LogP contribution in [0.25, 0.3) is 0 Å². The first-order valence-electron chi connectivity index (χ1n) is 7.35. The minimum Gasteiger partial charge on any atom is -0.266 e. The van der Waals surface area contributed by atoms with Gasteiger partial charge in [0.1, 0.15) is 0 Å². The van der Waals surface area contributed by atoms with E-state index < -0.39 is 15.7 Å². The molecule has 1 amide bonds. The van der Waals surface area contributed by atoms with E-state index in [1.807, 2.05) is 17.5 Å². The first-order chi connectivity index (χ1) is 12.4. The van der Waals surface area contributed by atoms with Gasteiger partial charge in [-0.15, -0.1) is 22.7 Å². The van der Waals surface area contributed by atoms with Crippen molar-refractivity contribution >= 4 is 56.2 Å². The molecule has 0 saturated carbocycles. The summed E-state index contributed by atoms with van der Waals surface area (Å²) in [6, 6.07) is 9.67. The van der Waals surface area contributed by atoms with E-state index in [0.717, 1.165) is 16.2 Å². The largest absolute Gasteiger partial charge is 0.281 e. The Morgan fingerprint density at radius 2 is 1.92 bits per heavy atom. The highest BCUT2D eigenvalue weighted by atomic mass is 35.5. The number of carbonyl (C=O) groups excluding carboxylic acids is 1. The molecule has 0 saturated heterocycles. The lowest BCUT2D eigenvalue weighted by molar-refractivity contribution is 0.0958. The summed E-state index contributed by atoms with van der Waals surface area (Å²) in [5, 5.41) is 7.73. The Labute approximate surface area is 163 Å². The third kappa shape index (κ3) is 3.88. The zero-order valence-corrected chi connectivity index (χ0v) is 16.7. The second-order valence-electron chi connectivity index (χ2n) is 5.23. The highest BCUT2D eigenvalue weighted by molar-refractivity contribution is 7.91. The molecule has 0 bridgehead atoms. The fraction of sp³-hybridized carbons (Fsp3) is 0.0588. The van der Waals surface area contributed by atoms with Gasteiger partial charge in [-0.25, -0.2) is 13.8 Å². The zero-order valence-electron chi connectivity index (χ0n) is 13.5. The quantitative estimate of drug-likeness (QED) is 0.488. The van der Waals surface area contributed by atoms with Crippen LogP contribution in [-0.2, 0) is 9.84 Å². The average Bonchev–Trinajstić information content (AvgIpc) is 3.25. The molecule has 0 fully saturated rings. The molecule has 2 heterocycles. The van der Waals surface area contributed by atoms with Crippen LogP contribution in [0, 0.1) is 6.92 Å². The molecule has 0 spiro atoms. The maximum atomic E-state index is 12.8. The van der Waals surface area contributed by atoms with E-state index in [0.29, 0.717) is 15.5 Å². The smallest absolute Gasteiger partial charge is 0.266 e. The van der Waals surface area contributed by atoms with Crippen molar-refractivity contribution in [2.45, 2.75) is 16.7 Å². The van der Waals surface area contributed by atoms with Crippen molar-refractivity contribution in [3.05, 3.63) is 67.5 Å². The predicted molar refractivity (Wildman–Crippen MR) is 105 cm³/mol. The number of hydrogen-bond donors (Lipinski definition) is 1. The Morgan fingerprint density at radius 1 is 1.19 bits per heavy atom. The van der Waals surface area contributed by atoms with Crippen LogP contribution >= 0.6 is 34.3 Å². The summed E-state index contributed by atoms with van der Waals surface area (Å²) in [5.74, 6) is -0.446. The molecular formula is C17H13ClN2O3S3. The van der Waals surface area contributed by atoms with Crippen LogP contribution in [0.5, 0.6) is 0 Å². The van der Waals surface area contributed by atoms with Gasteiger partial charge in [0.15, 0.2) is 0 Å². The minimum absolute atomic E-state index is 0.109. The van der Waals surface area contributed by atoms with Gasteiger partial charge in [-0.1, -0.05) is 17.7 Å². The average molecular weight is 425 g/mol. The van der Waals surface area contributed by atoms with Crippen LogP contribution in [0.3, 0.4) is 0 Å². The fourth-order valence-corrected chi connectivity index (χ4v) is 5.72. The molecule has 2 aromatic heterocycles. The van der Waals surface area contributed by atoms with Gasteiger partial charge in [0, 0.05) is 15.3 Å². The molecule has 1 N–H and O–H groups in total. The van der Waals surface area contributed by atoms with Gasteiger partial charge in [-0.05, 0) is 48.2 Å². The number of thiophene rings is 2. The highest BCUT2D eigenvalue weighted by Crippen LogP contribution is 2.31. The summed E-state index contributed by atoms with van der Waals surface area (Å²) < 4.78 is 25.5. The molecule has 0 atom stereocenters. The maximum Gasteiger partial charge on any atom is 0.281 e. The van der Waals surface area contributed by atoms with Crippen molar-refractivity contribution in [2.24, 2.45) is 5.10 Å². The van der Waals surface area contributed by atoms with Crippen molar-refractivity contribution in [1.82, 2.24) is 5.43 Å². The Kier molecular flexibility index (Phi) is 5.57. The third-order valence-corrected chi connectivity index (χ3v) is 7.70. The molecule has 0 aliphatic rings. The van der Waals surface area contributed by atoms with Crippen LogP contribution in [0.1, 0.15) is 20.1 Å². The number of rotatable bonds is 5. The molecule has 134 valence electrons. The topological polar surface area (TPSA) is 75.6 Å². The van der Waals surface area contributed by atoms with E-state index in [2.05, 4.69) is 10.5 Å². The lowest BCUT2D eigenvalue weighted by atomic mass is 10.3. The minimum atomic E-state index is -3.72. The number of nitrogens with one attached hydrogen (secondary N) is 1. The number of hydrogen-bond acceptors (Lipinski definition) is 6. The Hall–Kier alpha value is -2.00. The van der Waals surface area contributed by atoms with E-state index in [9.17, 15) is 13.2 Å². The van der Waals surface area contributed by atoms with Gasteiger partial charge >= 0.3 is 0 Å². The van der Waals surface area contributed by atoms with Crippen molar-refractivity contribution in [3.63, 3.8) is 0 Å². The predicted octanol–water partition coefficient (Wildman–Crippen LogP) is 4.37. The molecule has 3 aromatic rings. The number of hydrazone groups is 1. The molecule has 3 rings (SSSR count). The normalized spacial score (nSPS) is 11.8. The second kappa shape index (κ2) is 7.71. The van der Waals surface area contributed by atoms with Gasteiger partial charge in [0.25, 0.3) is 5.91 Å². The number of amides is 1. The SMILES string of the molecule is Cc1c(S(=O)(=O)c2ccc(Cl)cc2)csc1C(=O)NN=Cc1cccs1. The Balaban J connectivity index is 1.83. The lowest BCUT2D eigenvalue weighted by Gasteiger charge is -2.05. The summed E-state index contributed by atoms with van der Waals surface area (Å²) in [4.78, 5) is 13.7. The van der Waals surface area contributed by atoms with E-state index >= 15 is 0 Å². The third-order valence-electron chi connectivity index (χ3n) is 3.51. The molecule has 26 heavy (non-hydrogen) atoms. The second-order valence-corrected chi connectivity index (χ2v) is 9.44. The lowest BCUT2D eigenvalue weighted by Crippen LogP contribution is -2.17. The molecule has 0 unspecified atom stereocenters. The van der Waals surface area contributed by atoms with E-state index in [1.165, 1.54) is 47.2 Å². The number of carbonyl (C=O) groups is 1. The first kappa shape index (κ1) is 18.8. The summed E-state index contributed by atoms with van der Waals surface area (Å²) >= 11 is 8.37. The first-order valence-corrected chi connectivity index (χ1v) is 11.0. The highest BCUT2D eigenvalue weighted by Gasteiger charge is 2.25. The van der Waals surface area contributed by atoms with Gasteiger partial charge < -0.3 is 0 Å². The Morgan fingerprint density at radius 3 is 2.58 bits per heavy atom. The summed E-state index contributed by atoms with van der Waals surface area (Å²) in [6.45, 7) is 1.61. The monoisotopic (exact) mass is 424 g/mol. The zero-order chi connectivity index (χ0) is 18.7. The molecule has 0 aliphatic carbocycles. The molecule has 0 radical (unpaired) electrons. The maximum absolute atomic E-state index is 12.8. The van der Waals surface area contributed by atoms with Crippen molar-refractivity contribution in [2.75, 3.05) is 0 Å². The van der Waals surface area contributed by atoms with E-state index in [4.69, 9.17) is 11.6 Å². The Bertz CT molecular complexity index is 1050. The molecular weight excluding hydrogens is 412 g/mol. The number of halogens is 1. The summed E-state index contributed by atoms with van der Waals surface area (Å²) in [6.07, 6.45) is 1.54. The molecule has 1 aromatic carbocycles. The summed E-state index contributed by atoms with van der Waals surface area (Å²) in [5.41, 5.74) is 2.82.